The molecule has 0 atom stereocenters. The summed E-state index contributed by atoms with van der Waals surface area (Å²) in [6.07, 6.45) is 0. The van der Waals surface area contributed by atoms with Crippen LogP contribution in [-0.4, -0.2) is 28.4 Å². The van der Waals surface area contributed by atoms with Gasteiger partial charge in [0.05, 0.1) is 10.2 Å². The Balaban J connectivity index is 1.95. The van der Waals surface area contributed by atoms with Crippen LogP contribution in [0.5, 0.6) is 17.2 Å². The Bertz CT molecular complexity index is 790. The van der Waals surface area contributed by atoms with E-state index in [9.17, 15) is 15.0 Å². The maximum Gasteiger partial charge on any atom is 0.277 e. The van der Waals surface area contributed by atoms with Crippen molar-refractivity contribution < 1.29 is 19.7 Å². The number of ether oxygens (including phenoxy) is 1. The second kappa shape index (κ2) is 7.83. The van der Waals surface area contributed by atoms with Crippen LogP contribution in [0.25, 0.3) is 0 Å². The highest BCUT2D eigenvalue weighted by atomic mass is 79.9. The van der Waals surface area contributed by atoms with Gasteiger partial charge in [-0.3, -0.25) is 4.79 Å². The molecule has 0 spiro atoms. The zero-order chi connectivity index (χ0) is 17.7. The number of carbonyl (C=O) groups excluding carboxylic acids is 1. The van der Waals surface area contributed by atoms with Crippen molar-refractivity contribution in [3.63, 3.8) is 0 Å². The molecular weight excluding hydrogens is 376 g/mol. The minimum atomic E-state index is -0.443. The van der Waals surface area contributed by atoms with Gasteiger partial charge in [-0.05, 0) is 65.7 Å². The summed E-state index contributed by atoms with van der Waals surface area (Å²) in [6, 6.07) is 9.61. The number of phenolic OH excluding ortho intramolecular Hbond substituents is 2. The molecule has 0 aliphatic heterocycles. The molecule has 6 nitrogen and oxygen atoms in total. The van der Waals surface area contributed by atoms with Gasteiger partial charge in [0.25, 0.3) is 5.91 Å². The van der Waals surface area contributed by atoms with Crippen molar-refractivity contribution in [2.24, 2.45) is 5.10 Å². The average molecular weight is 393 g/mol. The molecule has 1 amide bonds. The molecule has 0 heterocycles. The van der Waals surface area contributed by atoms with Crippen LogP contribution in [0.4, 0.5) is 0 Å². The number of nitrogens with zero attached hydrogens (tertiary/aromatic N) is 1. The summed E-state index contributed by atoms with van der Waals surface area (Å²) in [5, 5.41) is 23.1. The Hall–Kier alpha value is -2.54. The molecule has 0 saturated heterocycles. The predicted molar refractivity (Wildman–Crippen MR) is 94.5 cm³/mol. The quantitative estimate of drug-likeness (QED) is 0.414. The summed E-state index contributed by atoms with van der Waals surface area (Å²) in [6.45, 7) is 3.35. The molecule has 0 aliphatic carbocycles. The highest BCUT2D eigenvalue weighted by molar-refractivity contribution is 9.10. The lowest BCUT2D eigenvalue weighted by atomic mass is 10.1. The summed E-state index contributed by atoms with van der Waals surface area (Å²) in [7, 11) is 0. The van der Waals surface area contributed by atoms with Crippen LogP contribution in [0.15, 0.2) is 46.0 Å². The van der Waals surface area contributed by atoms with Crippen molar-refractivity contribution in [2.75, 3.05) is 6.61 Å². The van der Waals surface area contributed by atoms with Crippen molar-refractivity contribution in [1.29, 1.82) is 0 Å². The van der Waals surface area contributed by atoms with Crippen LogP contribution in [0.1, 0.15) is 18.1 Å². The predicted octanol–water partition coefficient (Wildman–Crippen LogP) is 3.09. The Morgan fingerprint density at radius 3 is 2.71 bits per heavy atom. The van der Waals surface area contributed by atoms with Crippen LogP contribution in [0.2, 0.25) is 0 Å². The van der Waals surface area contributed by atoms with E-state index in [0.29, 0.717) is 17.0 Å². The summed E-state index contributed by atoms with van der Waals surface area (Å²) < 4.78 is 6.18. The van der Waals surface area contributed by atoms with E-state index in [4.69, 9.17) is 4.74 Å². The van der Waals surface area contributed by atoms with Crippen molar-refractivity contribution in [3.05, 3.63) is 52.0 Å². The van der Waals surface area contributed by atoms with Gasteiger partial charge in [-0.2, -0.15) is 5.10 Å². The fourth-order valence-corrected chi connectivity index (χ4v) is 2.53. The maximum absolute atomic E-state index is 11.8. The van der Waals surface area contributed by atoms with E-state index in [-0.39, 0.29) is 18.1 Å². The monoisotopic (exact) mass is 392 g/mol. The van der Waals surface area contributed by atoms with Crippen molar-refractivity contribution in [1.82, 2.24) is 5.43 Å². The third-order valence-corrected chi connectivity index (χ3v) is 3.78. The fraction of sp³-hybridized carbons (Fsp3) is 0.176. The minimum absolute atomic E-state index is 0.00349. The zero-order valence-electron chi connectivity index (χ0n) is 13.2. The van der Waals surface area contributed by atoms with E-state index < -0.39 is 5.91 Å². The number of halogens is 1. The first kappa shape index (κ1) is 17.8. The molecule has 0 aromatic heterocycles. The van der Waals surface area contributed by atoms with Crippen molar-refractivity contribution in [3.8, 4) is 17.2 Å². The highest BCUT2D eigenvalue weighted by Gasteiger charge is 2.08. The molecule has 0 radical (unpaired) electrons. The molecule has 2 rings (SSSR count). The lowest BCUT2D eigenvalue weighted by Gasteiger charge is -2.08. The van der Waals surface area contributed by atoms with E-state index in [1.807, 2.05) is 19.1 Å². The molecular formula is C17H17BrN2O4. The summed E-state index contributed by atoms with van der Waals surface area (Å²) in [5.41, 5.74) is 4.10. The van der Waals surface area contributed by atoms with Gasteiger partial charge < -0.3 is 14.9 Å². The van der Waals surface area contributed by atoms with E-state index >= 15 is 0 Å². The Kier molecular flexibility index (Phi) is 5.81. The number of phenols is 2. The number of benzene rings is 2. The van der Waals surface area contributed by atoms with E-state index in [2.05, 4.69) is 26.5 Å². The summed E-state index contributed by atoms with van der Waals surface area (Å²) >= 11 is 3.37. The van der Waals surface area contributed by atoms with Gasteiger partial charge in [0.2, 0.25) is 0 Å². The molecule has 0 bridgehead atoms. The van der Waals surface area contributed by atoms with E-state index in [1.54, 1.807) is 13.0 Å². The SMILES string of the molecule is C/C(=N/NC(=O)COc1ccc(C)cc1Br)c1cc(O)ccc1O. The minimum Gasteiger partial charge on any atom is -0.508 e. The highest BCUT2D eigenvalue weighted by Crippen LogP contribution is 2.25. The molecule has 0 aliphatic rings. The van der Waals surface area contributed by atoms with E-state index in [0.717, 1.165) is 10.0 Å². The number of hydrazone groups is 1. The first-order chi connectivity index (χ1) is 11.4. The molecule has 7 heteroatoms. The molecule has 2 aromatic carbocycles. The topological polar surface area (TPSA) is 91.2 Å². The lowest BCUT2D eigenvalue weighted by Crippen LogP contribution is -2.25. The van der Waals surface area contributed by atoms with Crippen molar-refractivity contribution in [2.45, 2.75) is 13.8 Å². The van der Waals surface area contributed by atoms with Crippen LogP contribution in [0.3, 0.4) is 0 Å². The normalized spacial score (nSPS) is 11.2. The fourth-order valence-electron chi connectivity index (χ4n) is 1.92. The summed E-state index contributed by atoms with van der Waals surface area (Å²) in [5.74, 6) is 0.0721. The number of rotatable bonds is 5. The van der Waals surface area contributed by atoms with Gasteiger partial charge in [-0.25, -0.2) is 5.43 Å². The van der Waals surface area contributed by atoms with Gasteiger partial charge in [0.1, 0.15) is 17.2 Å². The van der Waals surface area contributed by atoms with Gasteiger partial charge in [0, 0.05) is 5.56 Å². The number of hydrogen-bond acceptors (Lipinski definition) is 5. The van der Waals surface area contributed by atoms with E-state index in [1.165, 1.54) is 18.2 Å². The van der Waals surface area contributed by atoms with Crippen LogP contribution >= 0.6 is 15.9 Å². The number of nitrogens with one attached hydrogen (secondary N) is 1. The molecule has 3 N–H and O–H groups in total. The van der Waals surface area contributed by atoms with Gasteiger partial charge in [0.15, 0.2) is 6.61 Å². The zero-order valence-corrected chi connectivity index (χ0v) is 14.8. The molecule has 24 heavy (non-hydrogen) atoms. The lowest BCUT2D eigenvalue weighted by molar-refractivity contribution is -0.123. The van der Waals surface area contributed by atoms with Gasteiger partial charge in [-0.1, -0.05) is 6.07 Å². The first-order valence-corrected chi connectivity index (χ1v) is 7.90. The van der Waals surface area contributed by atoms with Crippen LogP contribution in [-0.2, 0) is 4.79 Å². The Labute approximate surface area is 147 Å². The third-order valence-electron chi connectivity index (χ3n) is 3.16. The number of amides is 1. The Morgan fingerprint density at radius 1 is 1.25 bits per heavy atom. The van der Waals surface area contributed by atoms with Crippen LogP contribution < -0.4 is 10.2 Å². The molecule has 0 unspecified atom stereocenters. The number of hydrogen-bond donors (Lipinski definition) is 3. The smallest absolute Gasteiger partial charge is 0.277 e. The Morgan fingerprint density at radius 2 is 2.00 bits per heavy atom. The number of aromatic hydroxyl groups is 2. The number of carbonyl (C=O) groups is 1. The largest absolute Gasteiger partial charge is 0.508 e. The molecule has 126 valence electrons. The second-order valence-electron chi connectivity index (χ2n) is 5.16. The van der Waals surface area contributed by atoms with Crippen LogP contribution in [0, 0.1) is 6.92 Å². The number of aryl methyl sites for hydroxylation is 1. The van der Waals surface area contributed by atoms with Gasteiger partial charge >= 0.3 is 0 Å². The first-order valence-electron chi connectivity index (χ1n) is 7.11. The summed E-state index contributed by atoms with van der Waals surface area (Å²) in [4.78, 5) is 11.8. The molecule has 0 fully saturated rings. The standard InChI is InChI=1S/C17H17BrN2O4/c1-10-3-6-16(14(18)7-10)24-9-17(23)20-19-11(2)13-8-12(21)4-5-15(13)22/h3-8,21-22H,9H2,1-2H3,(H,20,23)/b19-11-. The average Bonchev–Trinajstić information content (AvgIpc) is 2.54. The maximum atomic E-state index is 11.8. The van der Waals surface area contributed by atoms with Crippen molar-refractivity contribution >= 4 is 27.5 Å². The second-order valence-corrected chi connectivity index (χ2v) is 6.01. The third kappa shape index (κ3) is 4.73. The molecule has 2 aromatic rings. The van der Waals surface area contributed by atoms with Gasteiger partial charge in [-0.15, -0.1) is 0 Å². The molecule has 0 saturated carbocycles.